The maximum Gasteiger partial charge on any atom is 3.00 e. The molecule has 0 nitrogen and oxygen atoms in total. The number of aryl methyl sites for hydroxylation is 1. The van der Waals surface area contributed by atoms with Crippen LogP contribution in [0, 0.1) is 72.2 Å². The van der Waals surface area contributed by atoms with Gasteiger partial charge in [-0.3, -0.25) is 4.39 Å². The molecule has 2 aliphatic carbocycles. The first-order chi connectivity index (χ1) is 11.7. The zero-order chi connectivity index (χ0) is 16.9. The van der Waals surface area contributed by atoms with Gasteiger partial charge in [-0.05, 0) is 43.4 Å². The summed E-state index contributed by atoms with van der Waals surface area (Å²) in [6, 6.07) is 6.83. The van der Waals surface area contributed by atoms with Crippen LogP contribution in [-0.4, -0.2) is 0 Å². The Labute approximate surface area is 181 Å². The van der Waals surface area contributed by atoms with Crippen LogP contribution in [0.1, 0.15) is 81.3 Å². The van der Waals surface area contributed by atoms with Crippen LogP contribution in [0.5, 0.6) is 0 Å². The molecule has 0 bridgehead atoms. The van der Waals surface area contributed by atoms with Crippen molar-refractivity contribution in [3.8, 4) is 0 Å². The fourth-order valence-corrected chi connectivity index (χ4v) is 4.76. The summed E-state index contributed by atoms with van der Waals surface area (Å²) in [5.41, 5.74) is 1.80. The van der Waals surface area contributed by atoms with E-state index >= 15 is 0 Å². The van der Waals surface area contributed by atoms with Gasteiger partial charge in [0.05, 0.1) is 0 Å². The van der Waals surface area contributed by atoms with Gasteiger partial charge in [-0.15, -0.1) is 18.2 Å². The van der Waals surface area contributed by atoms with Crippen LogP contribution < -0.4 is 0 Å². The van der Waals surface area contributed by atoms with Crippen LogP contribution in [0.4, 0.5) is 4.39 Å². The Morgan fingerprint density at radius 2 is 1.60 bits per heavy atom. The second-order valence-electron chi connectivity index (χ2n) is 8.22. The van der Waals surface area contributed by atoms with Gasteiger partial charge in [-0.1, -0.05) is 57.4 Å². The van der Waals surface area contributed by atoms with Crippen molar-refractivity contribution in [2.75, 3.05) is 0 Å². The number of allylic oxidation sites excluding steroid dienone is 1. The van der Waals surface area contributed by atoms with E-state index in [4.69, 9.17) is 0 Å². The minimum Gasteiger partial charge on any atom is -0.284 e. The molecule has 0 radical (unpaired) electrons. The zero-order valence-corrected chi connectivity index (χ0v) is 19.4. The van der Waals surface area contributed by atoms with Crippen LogP contribution in [0.15, 0.2) is 24.8 Å². The average Bonchev–Trinajstić information content (AvgIpc) is 2.63. The van der Waals surface area contributed by atoms with E-state index in [0.29, 0.717) is 11.5 Å². The molecule has 2 heteroatoms. The SMILES string of the molecule is C=CC1CCC(CCC2CCC(c3c[c-]c(C)c(F)c3)CC2)CC1.[La+3]. The quantitative estimate of drug-likeness (QED) is 0.324. The topological polar surface area (TPSA) is 0 Å². The molecule has 2 fully saturated rings. The number of halogens is 1. The summed E-state index contributed by atoms with van der Waals surface area (Å²) >= 11 is 0. The minimum atomic E-state index is -0.0928. The van der Waals surface area contributed by atoms with Crippen molar-refractivity contribution in [2.45, 2.75) is 77.0 Å². The number of hydrogen-bond acceptors (Lipinski definition) is 0. The van der Waals surface area contributed by atoms with E-state index < -0.39 is 0 Å². The summed E-state index contributed by atoms with van der Waals surface area (Å²) < 4.78 is 13.8. The third kappa shape index (κ3) is 6.04. The van der Waals surface area contributed by atoms with Crippen LogP contribution in [-0.2, 0) is 0 Å². The molecule has 0 amide bonds. The van der Waals surface area contributed by atoms with Gasteiger partial charge in [0, 0.05) is 5.82 Å². The minimum absolute atomic E-state index is 0. The molecule has 1 aromatic carbocycles. The van der Waals surface area contributed by atoms with E-state index in [1.54, 1.807) is 13.0 Å². The fraction of sp³-hybridized carbons (Fsp3) is 0.652. The van der Waals surface area contributed by atoms with Gasteiger partial charge in [-0.2, -0.15) is 17.7 Å². The molecule has 0 saturated heterocycles. The van der Waals surface area contributed by atoms with Gasteiger partial charge in [0.25, 0.3) is 0 Å². The van der Waals surface area contributed by atoms with E-state index in [0.717, 1.165) is 17.8 Å². The molecule has 0 N–H and O–H groups in total. The fourth-order valence-electron chi connectivity index (χ4n) is 4.76. The maximum atomic E-state index is 13.8. The summed E-state index contributed by atoms with van der Waals surface area (Å²) in [6.07, 6.45) is 15.6. The van der Waals surface area contributed by atoms with Gasteiger partial charge >= 0.3 is 35.6 Å². The summed E-state index contributed by atoms with van der Waals surface area (Å²) in [7, 11) is 0. The molecule has 0 heterocycles. The molecule has 1 aromatic rings. The van der Waals surface area contributed by atoms with E-state index in [2.05, 4.69) is 18.7 Å². The summed E-state index contributed by atoms with van der Waals surface area (Å²) in [6.45, 7) is 5.74. The molecule has 132 valence electrons. The van der Waals surface area contributed by atoms with Gasteiger partial charge in [0.15, 0.2) is 0 Å². The number of benzene rings is 1. The van der Waals surface area contributed by atoms with E-state index in [9.17, 15) is 4.39 Å². The van der Waals surface area contributed by atoms with Crippen LogP contribution in [0.25, 0.3) is 0 Å². The second kappa shape index (κ2) is 10.4. The number of rotatable bonds is 5. The largest absolute Gasteiger partial charge is 3.00 e. The molecule has 0 aliphatic heterocycles. The van der Waals surface area contributed by atoms with E-state index in [-0.39, 0.29) is 41.4 Å². The second-order valence-corrected chi connectivity index (χ2v) is 8.22. The van der Waals surface area contributed by atoms with Gasteiger partial charge < -0.3 is 0 Å². The normalized spacial score (nSPS) is 29.7. The molecule has 2 aliphatic rings. The Morgan fingerprint density at radius 3 is 2.12 bits per heavy atom. The molecule has 25 heavy (non-hydrogen) atoms. The predicted molar refractivity (Wildman–Crippen MR) is 99.6 cm³/mol. The first-order valence-corrected chi connectivity index (χ1v) is 9.96. The van der Waals surface area contributed by atoms with Crippen LogP contribution in [0.3, 0.4) is 0 Å². The maximum absolute atomic E-state index is 13.8. The first-order valence-electron chi connectivity index (χ1n) is 9.96. The van der Waals surface area contributed by atoms with Crippen LogP contribution in [0.2, 0.25) is 0 Å². The van der Waals surface area contributed by atoms with Gasteiger partial charge in [-0.25, -0.2) is 0 Å². The predicted octanol–water partition coefficient (Wildman–Crippen LogP) is 6.98. The Bertz CT molecular complexity index is 537. The van der Waals surface area contributed by atoms with Crippen molar-refractivity contribution in [3.05, 3.63) is 47.8 Å². The standard InChI is InChI=1S/C23H32F.La/c1-3-18-5-7-19(8-6-18)9-10-20-11-14-21(15-12-20)22-13-4-17(2)23(24)16-22;/h3,13,16,18-21H,1,5-12,14-15H2,2H3;/q-1;+3. The number of hydrogen-bond donors (Lipinski definition) is 0. The molecule has 0 unspecified atom stereocenters. The Morgan fingerprint density at radius 1 is 1.04 bits per heavy atom. The van der Waals surface area contributed by atoms with Crippen molar-refractivity contribution in [1.82, 2.24) is 0 Å². The van der Waals surface area contributed by atoms with Crippen LogP contribution >= 0.6 is 0 Å². The van der Waals surface area contributed by atoms with E-state index in [1.807, 2.05) is 6.07 Å². The Kier molecular flexibility index (Phi) is 8.92. The molecule has 0 spiro atoms. The van der Waals surface area contributed by atoms with Gasteiger partial charge in [0.1, 0.15) is 0 Å². The smallest absolute Gasteiger partial charge is 0.284 e. The van der Waals surface area contributed by atoms with Crippen molar-refractivity contribution in [1.29, 1.82) is 0 Å². The Hall–Kier alpha value is 0.0848. The monoisotopic (exact) mass is 466 g/mol. The molecule has 3 rings (SSSR count). The molecular formula is C23H32FLa+2. The molecule has 2 saturated carbocycles. The van der Waals surface area contributed by atoms with E-state index in [1.165, 1.54) is 69.8 Å². The van der Waals surface area contributed by atoms with Gasteiger partial charge in [0.2, 0.25) is 0 Å². The van der Waals surface area contributed by atoms with Crippen molar-refractivity contribution < 1.29 is 40.0 Å². The third-order valence-electron chi connectivity index (χ3n) is 6.63. The van der Waals surface area contributed by atoms with Crippen molar-refractivity contribution in [3.63, 3.8) is 0 Å². The molecule has 0 atom stereocenters. The summed E-state index contributed by atoms with van der Waals surface area (Å²) in [4.78, 5) is 0. The van der Waals surface area contributed by atoms with Crippen molar-refractivity contribution >= 4 is 0 Å². The summed E-state index contributed by atoms with van der Waals surface area (Å²) in [5, 5.41) is 0. The molecule has 0 aromatic heterocycles. The molecular weight excluding hydrogens is 434 g/mol. The Balaban J connectivity index is 0.00000225. The van der Waals surface area contributed by atoms with Crippen molar-refractivity contribution in [2.24, 2.45) is 17.8 Å². The first kappa shape index (κ1) is 21.4. The zero-order valence-electron chi connectivity index (χ0n) is 15.8. The summed E-state index contributed by atoms with van der Waals surface area (Å²) in [5.74, 6) is 3.10. The third-order valence-corrected chi connectivity index (χ3v) is 6.63. The average molecular weight is 466 g/mol.